The molecule has 0 unspecified atom stereocenters. The van der Waals surface area contributed by atoms with Gasteiger partial charge in [-0.15, -0.1) is 0 Å². The summed E-state index contributed by atoms with van der Waals surface area (Å²) in [5.74, 6) is 0. The van der Waals surface area contributed by atoms with E-state index in [4.69, 9.17) is 5.11 Å². The minimum atomic E-state index is 0. The van der Waals surface area contributed by atoms with Crippen molar-refractivity contribution in [3.05, 3.63) is 0 Å². The number of halogens is 1. The Kier molecular flexibility index (Phi) is 14.9. The summed E-state index contributed by atoms with van der Waals surface area (Å²) < 4.78 is 0. The molecule has 0 aliphatic rings. The van der Waals surface area contributed by atoms with Crippen LogP contribution in [0, 0.1) is 0 Å². The molecule has 0 aromatic rings. The molecule has 0 fully saturated rings. The quantitative estimate of drug-likeness (QED) is 0.363. The molecule has 0 spiro atoms. The minimum Gasteiger partial charge on any atom is -1.00 e. The van der Waals surface area contributed by atoms with Crippen LogP contribution in [0.1, 0.15) is 6.42 Å². The third kappa shape index (κ3) is 10.8. The monoisotopic (exact) mass is 217 g/mol. The number of aliphatic hydroxyl groups is 1. The van der Waals surface area contributed by atoms with Crippen molar-refractivity contribution >= 4 is 0 Å². The highest BCUT2D eigenvalue weighted by atomic mass is 127. The lowest BCUT2D eigenvalue weighted by atomic mass is 10.5. The minimum absolute atomic E-state index is 0. The van der Waals surface area contributed by atoms with Gasteiger partial charge in [0.25, 0.3) is 0 Å². The van der Waals surface area contributed by atoms with Crippen LogP contribution in [0.25, 0.3) is 0 Å². The third-order valence-electron chi connectivity index (χ3n) is 0.651. The lowest BCUT2D eigenvalue weighted by molar-refractivity contribution is -0.627. The molecule has 0 amide bonds. The van der Waals surface area contributed by atoms with Gasteiger partial charge in [0.05, 0.1) is 13.6 Å². The lowest BCUT2D eigenvalue weighted by Crippen LogP contribution is -3.00. The second-order valence-electron chi connectivity index (χ2n) is 1.27. The summed E-state index contributed by atoms with van der Waals surface area (Å²) in [6.07, 6.45) is 0.913. The summed E-state index contributed by atoms with van der Waals surface area (Å²) in [6, 6.07) is 0. The zero-order valence-electron chi connectivity index (χ0n) is 4.52. The summed E-state index contributed by atoms with van der Waals surface area (Å²) in [4.78, 5) is 0. The van der Waals surface area contributed by atoms with E-state index in [-0.39, 0.29) is 24.0 Å². The van der Waals surface area contributed by atoms with E-state index in [0.29, 0.717) is 6.61 Å². The maximum Gasteiger partial charge on any atom is 0.0775 e. The van der Waals surface area contributed by atoms with Crippen LogP contribution in [-0.4, -0.2) is 25.3 Å². The van der Waals surface area contributed by atoms with Crippen molar-refractivity contribution in [3.63, 3.8) is 0 Å². The Morgan fingerprint density at radius 3 is 2.29 bits per heavy atom. The Balaban J connectivity index is 0. The Bertz CT molecular complexity index is 23.7. The molecule has 0 aliphatic carbocycles. The van der Waals surface area contributed by atoms with Gasteiger partial charge in [0, 0.05) is 13.0 Å². The van der Waals surface area contributed by atoms with Gasteiger partial charge >= 0.3 is 0 Å². The molecule has 0 saturated heterocycles. The molecule has 3 heteroatoms. The molecule has 0 saturated carbocycles. The topological polar surface area (TPSA) is 36.8 Å². The number of aliphatic hydroxyl groups excluding tert-OH is 1. The van der Waals surface area contributed by atoms with Crippen molar-refractivity contribution in [1.82, 2.24) is 0 Å². The van der Waals surface area contributed by atoms with Gasteiger partial charge in [-0.2, -0.15) is 0 Å². The van der Waals surface area contributed by atoms with Crippen molar-refractivity contribution in [3.8, 4) is 0 Å². The maximum absolute atomic E-state index is 8.18. The van der Waals surface area contributed by atoms with Crippen molar-refractivity contribution in [1.29, 1.82) is 0 Å². The summed E-state index contributed by atoms with van der Waals surface area (Å²) in [5.41, 5.74) is 0. The van der Waals surface area contributed by atoms with Crippen LogP contribution < -0.4 is 29.3 Å². The highest BCUT2D eigenvalue weighted by molar-refractivity contribution is 4.21. The highest BCUT2D eigenvalue weighted by Gasteiger charge is 1.77. The fraction of sp³-hybridized carbons (Fsp3) is 1.00. The Labute approximate surface area is 61.3 Å². The van der Waals surface area contributed by atoms with Crippen LogP contribution in [0.4, 0.5) is 0 Å². The van der Waals surface area contributed by atoms with Crippen LogP contribution in [-0.2, 0) is 0 Å². The smallest absolute Gasteiger partial charge is 0.0775 e. The highest BCUT2D eigenvalue weighted by Crippen LogP contribution is 1.61. The zero-order valence-corrected chi connectivity index (χ0v) is 6.68. The third-order valence-corrected chi connectivity index (χ3v) is 0.651. The average Bonchev–Trinajstić information content (AvgIpc) is 1.61. The standard InChI is InChI=1S/C4H11NO.HI/c1-5-3-2-4-6;/h5-6H,2-4H2,1H3;1H. The van der Waals surface area contributed by atoms with E-state index in [1.54, 1.807) is 0 Å². The number of nitrogens with two attached hydrogens (primary N) is 1. The molecule has 0 atom stereocenters. The first-order chi connectivity index (χ1) is 2.91. The number of hydrogen-bond acceptors (Lipinski definition) is 1. The Hall–Kier alpha value is 0.650. The molecule has 0 radical (unpaired) electrons. The van der Waals surface area contributed by atoms with Gasteiger partial charge in [-0.3, -0.25) is 0 Å². The maximum atomic E-state index is 8.18. The van der Waals surface area contributed by atoms with Crippen LogP contribution in [0.15, 0.2) is 0 Å². The van der Waals surface area contributed by atoms with E-state index in [0.717, 1.165) is 13.0 Å². The molecule has 0 bridgehead atoms. The first kappa shape index (κ1) is 10.6. The van der Waals surface area contributed by atoms with Gasteiger partial charge in [-0.1, -0.05) is 0 Å². The van der Waals surface area contributed by atoms with Gasteiger partial charge in [-0.05, 0) is 0 Å². The van der Waals surface area contributed by atoms with E-state index < -0.39 is 0 Å². The van der Waals surface area contributed by atoms with Crippen molar-refractivity contribution in [2.24, 2.45) is 0 Å². The molecule has 0 aromatic carbocycles. The van der Waals surface area contributed by atoms with Gasteiger partial charge in [0.1, 0.15) is 0 Å². The van der Waals surface area contributed by atoms with Crippen LogP contribution >= 0.6 is 0 Å². The van der Waals surface area contributed by atoms with Crippen LogP contribution in [0.5, 0.6) is 0 Å². The molecule has 46 valence electrons. The van der Waals surface area contributed by atoms with Crippen LogP contribution in [0.2, 0.25) is 0 Å². The molecule has 7 heavy (non-hydrogen) atoms. The summed E-state index contributed by atoms with van der Waals surface area (Å²) in [5, 5.41) is 10.2. The fourth-order valence-corrected chi connectivity index (χ4v) is 0.295. The molecule has 2 nitrogen and oxygen atoms in total. The van der Waals surface area contributed by atoms with Crippen molar-refractivity contribution in [2.75, 3.05) is 20.2 Å². The number of rotatable bonds is 3. The van der Waals surface area contributed by atoms with E-state index in [1.807, 2.05) is 7.05 Å². The number of hydrogen-bond donors (Lipinski definition) is 2. The largest absolute Gasteiger partial charge is 1.00 e. The van der Waals surface area contributed by atoms with E-state index in [2.05, 4.69) is 5.32 Å². The fourth-order valence-electron chi connectivity index (χ4n) is 0.295. The molecule has 0 aliphatic heterocycles. The van der Waals surface area contributed by atoms with Gasteiger partial charge < -0.3 is 34.4 Å². The first-order valence-electron chi connectivity index (χ1n) is 2.30. The second kappa shape index (κ2) is 9.82. The molecule has 3 N–H and O–H groups in total. The predicted molar refractivity (Wildman–Crippen MR) is 24.4 cm³/mol. The molecule has 0 rings (SSSR count). The lowest BCUT2D eigenvalue weighted by Gasteiger charge is -1.86. The molecular weight excluding hydrogens is 205 g/mol. The molecular formula is C4H12INO. The normalized spacial score (nSPS) is 7.71. The zero-order chi connectivity index (χ0) is 4.83. The Morgan fingerprint density at radius 1 is 1.57 bits per heavy atom. The second-order valence-corrected chi connectivity index (χ2v) is 1.27. The average molecular weight is 217 g/mol. The van der Waals surface area contributed by atoms with E-state index >= 15 is 0 Å². The van der Waals surface area contributed by atoms with Crippen molar-refractivity contribution in [2.45, 2.75) is 6.42 Å². The van der Waals surface area contributed by atoms with Crippen LogP contribution in [0.3, 0.4) is 0 Å². The summed E-state index contributed by atoms with van der Waals surface area (Å²) in [7, 11) is 2.00. The van der Waals surface area contributed by atoms with E-state index in [9.17, 15) is 0 Å². The van der Waals surface area contributed by atoms with Crippen molar-refractivity contribution < 1.29 is 34.4 Å². The molecule has 0 heterocycles. The first-order valence-corrected chi connectivity index (χ1v) is 2.30. The number of quaternary nitrogens is 1. The SMILES string of the molecule is C[NH2+]CCCO.[I-]. The van der Waals surface area contributed by atoms with Gasteiger partial charge in [-0.25, -0.2) is 0 Å². The van der Waals surface area contributed by atoms with Gasteiger partial charge in [0.2, 0.25) is 0 Å². The molecule has 0 aromatic heterocycles. The predicted octanol–water partition coefficient (Wildman–Crippen LogP) is -4.43. The van der Waals surface area contributed by atoms with E-state index in [1.165, 1.54) is 0 Å². The Morgan fingerprint density at radius 2 is 2.14 bits per heavy atom. The summed E-state index contributed by atoms with van der Waals surface area (Å²) >= 11 is 0. The van der Waals surface area contributed by atoms with Gasteiger partial charge in [0.15, 0.2) is 0 Å². The summed E-state index contributed by atoms with van der Waals surface area (Å²) in [6.45, 7) is 1.36.